The summed E-state index contributed by atoms with van der Waals surface area (Å²) in [7, 11) is 0. The van der Waals surface area contributed by atoms with Crippen molar-refractivity contribution in [3.05, 3.63) is 0 Å². The molecule has 0 bridgehead atoms. The second kappa shape index (κ2) is 6.17. The maximum Gasteiger partial charge on any atom is 0.0869 e. The molecule has 1 fully saturated rings. The van der Waals surface area contributed by atoms with Crippen molar-refractivity contribution in [1.29, 1.82) is 0 Å². The summed E-state index contributed by atoms with van der Waals surface area (Å²) in [5.74, 6) is 0.881. The zero-order valence-electron chi connectivity index (χ0n) is 12.2. The first-order valence-corrected chi connectivity index (χ1v) is 7.00. The largest absolute Gasteiger partial charge is 0.388 e. The highest BCUT2D eigenvalue weighted by atomic mass is 16.3. The molecule has 1 aliphatic rings. The lowest BCUT2D eigenvalue weighted by Crippen LogP contribution is -2.51. The molecular formula is C14H30N2O. The van der Waals surface area contributed by atoms with Gasteiger partial charge in [-0.2, -0.15) is 0 Å². The summed E-state index contributed by atoms with van der Waals surface area (Å²) >= 11 is 0. The van der Waals surface area contributed by atoms with Crippen LogP contribution in [0.5, 0.6) is 0 Å². The molecule has 1 unspecified atom stereocenters. The summed E-state index contributed by atoms with van der Waals surface area (Å²) in [6, 6.07) is 0.943. The van der Waals surface area contributed by atoms with E-state index in [0.717, 1.165) is 19.0 Å². The van der Waals surface area contributed by atoms with E-state index < -0.39 is 5.60 Å². The van der Waals surface area contributed by atoms with Crippen molar-refractivity contribution in [2.24, 2.45) is 5.92 Å². The summed E-state index contributed by atoms with van der Waals surface area (Å²) in [5.41, 5.74) is -0.635. The van der Waals surface area contributed by atoms with Crippen LogP contribution in [0.2, 0.25) is 0 Å². The Balaban J connectivity index is 2.39. The van der Waals surface area contributed by atoms with Gasteiger partial charge in [0.05, 0.1) is 5.60 Å². The molecular weight excluding hydrogens is 212 g/mol. The molecule has 0 aromatic heterocycles. The molecule has 3 nitrogen and oxygen atoms in total. The fourth-order valence-corrected chi connectivity index (χ4v) is 2.01. The Bertz CT molecular complexity index is 222. The van der Waals surface area contributed by atoms with Gasteiger partial charge in [-0.15, -0.1) is 0 Å². The van der Waals surface area contributed by atoms with Crippen molar-refractivity contribution in [1.82, 2.24) is 10.2 Å². The highest BCUT2D eigenvalue weighted by Crippen LogP contribution is 2.30. The van der Waals surface area contributed by atoms with Gasteiger partial charge in [0.15, 0.2) is 0 Å². The lowest BCUT2D eigenvalue weighted by Gasteiger charge is -2.35. The molecule has 0 radical (unpaired) electrons. The highest BCUT2D eigenvalue weighted by Gasteiger charge is 2.30. The normalized spacial score (nSPS) is 20.3. The van der Waals surface area contributed by atoms with Crippen LogP contribution in [0.4, 0.5) is 0 Å². The van der Waals surface area contributed by atoms with Crippen LogP contribution in [-0.2, 0) is 0 Å². The quantitative estimate of drug-likeness (QED) is 0.682. The maximum absolute atomic E-state index is 10.4. The van der Waals surface area contributed by atoms with Crippen molar-refractivity contribution >= 4 is 0 Å². The Hall–Kier alpha value is -0.120. The van der Waals surface area contributed by atoms with Gasteiger partial charge in [0.1, 0.15) is 0 Å². The van der Waals surface area contributed by atoms with Crippen LogP contribution in [0.1, 0.15) is 47.5 Å². The topological polar surface area (TPSA) is 35.5 Å². The Morgan fingerprint density at radius 2 is 1.88 bits per heavy atom. The predicted molar refractivity (Wildman–Crippen MR) is 73.2 cm³/mol. The number of aliphatic hydroxyl groups is 1. The first kappa shape index (κ1) is 14.9. The number of rotatable bonds is 8. The molecule has 17 heavy (non-hydrogen) atoms. The smallest absolute Gasteiger partial charge is 0.0869 e. The van der Waals surface area contributed by atoms with Crippen molar-refractivity contribution in [3.8, 4) is 0 Å². The van der Waals surface area contributed by atoms with Gasteiger partial charge in [0.25, 0.3) is 0 Å². The summed E-state index contributed by atoms with van der Waals surface area (Å²) < 4.78 is 0. The van der Waals surface area contributed by atoms with Crippen LogP contribution in [0.15, 0.2) is 0 Å². The molecule has 1 rings (SSSR count). The summed E-state index contributed by atoms with van der Waals surface area (Å²) in [6.45, 7) is 13.2. The molecule has 0 heterocycles. The van der Waals surface area contributed by atoms with Gasteiger partial charge in [-0.05, 0) is 39.5 Å². The third kappa shape index (κ3) is 6.39. The predicted octanol–water partition coefficient (Wildman–Crippen LogP) is 1.86. The standard InChI is InChI=1S/C14H30N2O/c1-11(2)15-9-14(5,17)10-16(12(3)4)8-13-6-7-13/h11-13,15,17H,6-10H2,1-5H3. The molecule has 2 N–H and O–H groups in total. The number of hydrogen-bond donors (Lipinski definition) is 2. The van der Waals surface area contributed by atoms with Gasteiger partial charge >= 0.3 is 0 Å². The Kier molecular flexibility index (Phi) is 5.42. The second-order valence-corrected chi connectivity index (χ2v) is 6.50. The zero-order chi connectivity index (χ0) is 13.1. The van der Waals surface area contributed by atoms with Crippen LogP contribution in [0.3, 0.4) is 0 Å². The van der Waals surface area contributed by atoms with E-state index in [-0.39, 0.29) is 0 Å². The van der Waals surface area contributed by atoms with Crippen LogP contribution in [0.25, 0.3) is 0 Å². The average molecular weight is 242 g/mol. The van der Waals surface area contributed by atoms with Crippen LogP contribution < -0.4 is 5.32 Å². The van der Waals surface area contributed by atoms with Gasteiger partial charge in [-0.1, -0.05) is 13.8 Å². The van der Waals surface area contributed by atoms with Gasteiger partial charge in [-0.3, -0.25) is 4.90 Å². The van der Waals surface area contributed by atoms with E-state index in [9.17, 15) is 5.11 Å². The molecule has 0 aliphatic heterocycles. The average Bonchev–Trinajstić information content (AvgIpc) is 2.97. The van der Waals surface area contributed by atoms with Crippen LogP contribution in [-0.4, -0.2) is 47.3 Å². The molecule has 0 aromatic carbocycles. The summed E-state index contributed by atoms with van der Waals surface area (Å²) in [4.78, 5) is 2.42. The molecule has 1 saturated carbocycles. The Labute approximate surface area is 107 Å². The molecule has 0 saturated heterocycles. The Morgan fingerprint density at radius 1 is 1.29 bits per heavy atom. The number of nitrogens with zero attached hydrogens (tertiary/aromatic N) is 1. The van der Waals surface area contributed by atoms with E-state index in [1.54, 1.807) is 0 Å². The lowest BCUT2D eigenvalue weighted by molar-refractivity contribution is 0.00798. The number of nitrogens with one attached hydrogen (secondary N) is 1. The maximum atomic E-state index is 10.4. The van der Waals surface area contributed by atoms with E-state index in [0.29, 0.717) is 18.6 Å². The minimum absolute atomic E-state index is 0.428. The Morgan fingerprint density at radius 3 is 2.29 bits per heavy atom. The second-order valence-electron chi connectivity index (χ2n) is 6.50. The summed E-state index contributed by atoms with van der Waals surface area (Å²) in [6.07, 6.45) is 2.74. The molecule has 102 valence electrons. The summed E-state index contributed by atoms with van der Waals surface area (Å²) in [5, 5.41) is 13.7. The van der Waals surface area contributed by atoms with Crippen molar-refractivity contribution < 1.29 is 5.11 Å². The van der Waals surface area contributed by atoms with Gasteiger partial charge in [-0.25, -0.2) is 0 Å². The van der Waals surface area contributed by atoms with E-state index in [1.807, 2.05) is 6.92 Å². The monoisotopic (exact) mass is 242 g/mol. The molecule has 0 amide bonds. The van der Waals surface area contributed by atoms with Gasteiger partial charge < -0.3 is 10.4 Å². The minimum Gasteiger partial charge on any atom is -0.388 e. The third-order valence-electron chi connectivity index (χ3n) is 3.35. The SMILES string of the molecule is CC(C)NCC(C)(O)CN(CC1CC1)C(C)C. The van der Waals surface area contributed by atoms with Gasteiger partial charge in [0, 0.05) is 31.7 Å². The van der Waals surface area contributed by atoms with E-state index in [2.05, 4.69) is 37.9 Å². The number of hydrogen-bond acceptors (Lipinski definition) is 3. The fourth-order valence-electron chi connectivity index (χ4n) is 2.01. The van der Waals surface area contributed by atoms with Crippen molar-refractivity contribution in [3.63, 3.8) is 0 Å². The van der Waals surface area contributed by atoms with E-state index in [4.69, 9.17) is 0 Å². The molecule has 0 aromatic rings. The van der Waals surface area contributed by atoms with E-state index >= 15 is 0 Å². The molecule has 3 heteroatoms. The third-order valence-corrected chi connectivity index (χ3v) is 3.35. The highest BCUT2D eigenvalue weighted by molar-refractivity contribution is 4.85. The lowest BCUT2D eigenvalue weighted by atomic mass is 10.0. The van der Waals surface area contributed by atoms with Gasteiger partial charge in [0.2, 0.25) is 0 Å². The minimum atomic E-state index is -0.635. The van der Waals surface area contributed by atoms with E-state index in [1.165, 1.54) is 12.8 Å². The molecule has 1 aliphatic carbocycles. The first-order valence-electron chi connectivity index (χ1n) is 7.00. The molecule has 1 atom stereocenters. The van der Waals surface area contributed by atoms with Crippen molar-refractivity contribution in [2.45, 2.75) is 65.1 Å². The van der Waals surface area contributed by atoms with Crippen LogP contribution >= 0.6 is 0 Å². The first-order chi connectivity index (χ1) is 7.80. The zero-order valence-corrected chi connectivity index (χ0v) is 12.2. The fraction of sp³-hybridized carbons (Fsp3) is 1.00. The van der Waals surface area contributed by atoms with Crippen LogP contribution in [0, 0.1) is 5.92 Å². The molecule has 0 spiro atoms. The van der Waals surface area contributed by atoms with Crippen molar-refractivity contribution in [2.75, 3.05) is 19.6 Å².